The molecule has 27 heavy (non-hydrogen) atoms. The van der Waals surface area contributed by atoms with Crippen LogP contribution in [-0.2, 0) is 10.3 Å². The van der Waals surface area contributed by atoms with Crippen LogP contribution < -0.4 is 5.32 Å². The van der Waals surface area contributed by atoms with Crippen molar-refractivity contribution < 1.29 is 9.21 Å². The number of hydrogen-bond donors (Lipinski definition) is 1. The topological polar surface area (TPSA) is 46.6 Å². The second kappa shape index (κ2) is 6.62. The van der Waals surface area contributed by atoms with Gasteiger partial charge in [0.2, 0.25) is 0 Å². The lowest BCUT2D eigenvalue weighted by Crippen LogP contribution is -2.50. The smallest absolute Gasteiger partial charge is 0.344 e. The molecule has 2 atom stereocenters. The summed E-state index contributed by atoms with van der Waals surface area (Å²) in [6.45, 7) is 10.00. The average Bonchev–Trinajstić information content (AvgIpc) is 3.25. The van der Waals surface area contributed by atoms with Gasteiger partial charge in [0.05, 0.1) is 17.9 Å². The highest BCUT2D eigenvalue weighted by molar-refractivity contribution is 6.00. The molecule has 0 saturated carbocycles. The molecule has 3 aromatic rings. The third-order valence-corrected chi connectivity index (χ3v) is 5.12. The number of carbonyl (C=O) groups is 1. The summed E-state index contributed by atoms with van der Waals surface area (Å²) in [7, 11) is 0. The molecule has 1 aliphatic rings. The largest absolute Gasteiger partial charge is 0.463 e. The van der Waals surface area contributed by atoms with Crippen molar-refractivity contribution in [1.29, 1.82) is 0 Å². The number of nitrogens with zero attached hydrogens (tertiary/aromatic N) is 1. The molecule has 4 rings (SSSR count). The molecule has 4 heteroatoms. The maximum atomic E-state index is 13.4. The third kappa shape index (κ3) is 2.56. The summed E-state index contributed by atoms with van der Waals surface area (Å²) in [6.07, 6.45) is 1.58. The van der Waals surface area contributed by atoms with Crippen LogP contribution in [0.4, 0.5) is 0 Å². The molecule has 0 saturated heterocycles. The maximum absolute atomic E-state index is 13.4. The molecule has 0 unspecified atom stereocenters. The number of rotatable bonds is 3. The van der Waals surface area contributed by atoms with Crippen molar-refractivity contribution in [3.05, 3.63) is 113 Å². The SMILES string of the molecule is [C-]#[N+][C@@]1(c2ccccc2)C(=O)NC(c2ccco2)=C(C)[C@H]1c1ccccc1. The molecule has 4 nitrogen and oxygen atoms in total. The lowest BCUT2D eigenvalue weighted by Gasteiger charge is -2.36. The molecule has 1 amide bonds. The van der Waals surface area contributed by atoms with Crippen LogP contribution in [0.15, 0.2) is 89.0 Å². The zero-order valence-electron chi connectivity index (χ0n) is 14.8. The van der Waals surface area contributed by atoms with Crippen LogP contribution in [0.25, 0.3) is 10.5 Å². The van der Waals surface area contributed by atoms with Crippen LogP contribution in [0.3, 0.4) is 0 Å². The molecule has 1 aromatic heterocycles. The van der Waals surface area contributed by atoms with Gasteiger partial charge in [0.1, 0.15) is 5.76 Å². The zero-order valence-corrected chi connectivity index (χ0v) is 14.8. The Morgan fingerprint density at radius 1 is 1.00 bits per heavy atom. The highest BCUT2D eigenvalue weighted by atomic mass is 16.3. The summed E-state index contributed by atoms with van der Waals surface area (Å²) in [5, 5.41) is 2.94. The van der Waals surface area contributed by atoms with Crippen LogP contribution in [0.2, 0.25) is 0 Å². The lowest BCUT2D eigenvalue weighted by atomic mass is 9.68. The number of furan rings is 1. The van der Waals surface area contributed by atoms with Crippen molar-refractivity contribution in [2.75, 3.05) is 0 Å². The second-order valence-corrected chi connectivity index (χ2v) is 6.58. The second-order valence-electron chi connectivity index (χ2n) is 6.58. The molecular formula is C23H18N2O2. The predicted octanol–water partition coefficient (Wildman–Crippen LogP) is 4.74. The number of hydrogen-bond acceptors (Lipinski definition) is 2. The van der Waals surface area contributed by atoms with Crippen molar-refractivity contribution in [2.24, 2.45) is 0 Å². The van der Waals surface area contributed by atoms with Gasteiger partial charge in [-0.25, -0.2) is 6.57 Å². The quantitative estimate of drug-likeness (QED) is 0.691. The minimum atomic E-state index is -1.37. The molecule has 0 spiro atoms. The van der Waals surface area contributed by atoms with Gasteiger partial charge in [-0.1, -0.05) is 60.7 Å². The van der Waals surface area contributed by atoms with Crippen molar-refractivity contribution in [3.63, 3.8) is 0 Å². The van der Waals surface area contributed by atoms with E-state index < -0.39 is 11.5 Å². The monoisotopic (exact) mass is 354 g/mol. The normalized spacial score (nSPS) is 22.2. The van der Waals surface area contributed by atoms with Gasteiger partial charge in [0, 0.05) is 5.56 Å². The number of amides is 1. The highest BCUT2D eigenvalue weighted by Gasteiger charge is 2.59. The van der Waals surface area contributed by atoms with E-state index in [1.165, 1.54) is 0 Å². The van der Waals surface area contributed by atoms with Gasteiger partial charge in [-0.3, -0.25) is 9.64 Å². The lowest BCUT2D eigenvalue weighted by molar-refractivity contribution is -0.125. The van der Waals surface area contributed by atoms with Crippen molar-refractivity contribution in [2.45, 2.75) is 18.4 Å². The van der Waals surface area contributed by atoms with Gasteiger partial charge in [-0.05, 0) is 30.2 Å². The van der Waals surface area contributed by atoms with Crippen LogP contribution in [-0.4, -0.2) is 5.91 Å². The Morgan fingerprint density at radius 3 is 2.26 bits per heavy atom. The Balaban J connectivity index is 2.02. The molecule has 2 heterocycles. The van der Waals surface area contributed by atoms with Crippen molar-refractivity contribution in [3.8, 4) is 0 Å². The van der Waals surface area contributed by atoms with Gasteiger partial charge in [0.25, 0.3) is 0 Å². The molecule has 0 bridgehead atoms. The summed E-state index contributed by atoms with van der Waals surface area (Å²) in [5.41, 5.74) is 1.77. The molecule has 2 aromatic carbocycles. The van der Waals surface area contributed by atoms with Gasteiger partial charge >= 0.3 is 11.4 Å². The highest BCUT2D eigenvalue weighted by Crippen LogP contribution is 2.49. The van der Waals surface area contributed by atoms with E-state index >= 15 is 0 Å². The molecule has 0 radical (unpaired) electrons. The minimum absolute atomic E-state index is 0.338. The predicted molar refractivity (Wildman–Crippen MR) is 103 cm³/mol. The minimum Gasteiger partial charge on any atom is -0.463 e. The Bertz CT molecular complexity index is 1030. The van der Waals surface area contributed by atoms with E-state index in [4.69, 9.17) is 11.0 Å². The van der Waals surface area contributed by atoms with Gasteiger partial charge in [-0.2, -0.15) is 0 Å². The summed E-state index contributed by atoms with van der Waals surface area (Å²) < 4.78 is 5.53. The molecule has 132 valence electrons. The van der Waals surface area contributed by atoms with Crippen LogP contribution in [0, 0.1) is 6.57 Å². The van der Waals surface area contributed by atoms with E-state index in [1.807, 2.05) is 73.7 Å². The van der Waals surface area contributed by atoms with Crippen molar-refractivity contribution in [1.82, 2.24) is 5.32 Å². The number of nitrogens with one attached hydrogen (secondary N) is 1. The Labute approximate surface area is 158 Å². The Hall–Kier alpha value is -3.58. The van der Waals surface area contributed by atoms with E-state index in [-0.39, 0.29) is 5.91 Å². The van der Waals surface area contributed by atoms with Gasteiger partial charge in [0.15, 0.2) is 0 Å². The fourth-order valence-corrected chi connectivity index (χ4v) is 3.88. The first-order valence-corrected chi connectivity index (χ1v) is 8.73. The molecular weight excluding hydrogens is 336 g/mol. The molecule has 1 N–H and O–H groups in total. The van der Waals surface area contributed by atoms with E-state index in [2.05, 4.69) is 10.2 Å². The van der Waals surface area contributed by atoms with Gasteiger partial charge < -0.3 is 9.73 Å². The van der Waals surface area contributed by atoms with E-state index in [1.54, 1.807) is 12.3 Å². The van der Waals surface area contributed by atoms with Crippen molar-refractivity contribution >= 4 is 11.6 Å². The van der Waals surface area contributed by atoms with Crippen LogP contribution in [0.5, 0.6) is 0 Å². The summed E-state index contributed by atoms with van der Waals surface area (Å²) in [4.78, 5) is 17.3. The summed E-state index contributed by atoms with van der Waals surface area (Å²) >= 11 is 0. The van der Waals surface area contributed by atoms with E-state index in [0.29, 0.717) is 17.0 Å². The first-order chi connectivity index (χ1) is 13.2. The number of benzene rings is 2. The van der Waals surface area contributed by atoms with E-state index in [0.717, 1.165) is 11.1 Å². The first kappa shape index (κ1) is 16.9. The fourth-order valence-electron chi connectivity index (χ4n) is 3.88. The summed E-state index contributed by atoms with van der Waals surface area (Å²) in [6, 6.07) is 22.6. The molecule has 1 aliphatic heterocycles. The third-order valence-electron chi connectivity index (χ3n) is 5.12. The Morgan fingerprint density at radius 2 is 1.67 bits per heavy atom. The standard InChI is InChI=1S/C23H18N2O2/c1-16-20(17-10-5-3-6-11-17)23(24-2,18-12-7-4-8-13-18)22(26)25-21(16)19-14-9-15-27-19/h3-15,20H,1H3,(H,25,26)/t20-,23+/m0/s1. The van der Waals surface area contributed by atoms with Crippen LogP contribution in [0.1, 0.15) is 29.7 Å². The fraction of sp³-hybridized carbons (Fsp3) is 0.130. The van der Waals surface area contributed by atoms with E-state index in [9.17, 15) is 4.79 Å². The summed E-state index contributed by atoms with van der Waals surface area (Å²) in [5.74, 6) is -0.171. The maximum Gasteiger partial charge on any atom is 0.344 e. The first-order valence-electron chi connectivity index (χ1n) is 8.73. The van der Waals surface area contributed by atoms with Crippen LogP contribution >= 0.6 is 0 Å². The zero-order chi connectivity index (χ0) is 18.9. The molecule has 0 fully saturated rings. The average molecular weight is 354 g/mol. The van der Waals surface area contributed by atoms with Gasteiger partial charge in [-0.15, -0.1) is 0 Å². The molecule has 0 aliphatic carbocycles. The number of carbonyl (C=O) groups excluding carboxylic acids is 1. The Kier molecular flexibility index (Phi) is 4.13.